The summed E-state index contributed by atoms with van der Waals surface area (Å²) in [5.41, 5.74) is 2.11. The molecule has 0 aliphatic heterocycles. The normalized spacial score (nSPS) is 11.9. The van der Waals surface area contributed by atoms with Crippen molar-refractivity contribution in [3.63, 3.8) is 0 Å². The first-order valence-electron chi connectivity index (χ1n) is 8.56. The van der Waals surface area contributed by atoms with Crippen LogP contribution in [0.4, 0.5) is 24.0 Å². The van der Waals surface area contributed by atoms with E-state index in [0.29, 0.717) is 11.3 Å². The molecule has 1 aromatic heterocycles. The number of hydrogen-bond acceptors (Lipinski definition) is 7. The smallest absolute Gasteiger partial charge is 0.416 e. The largest absolute Gasteiger partial charge is 0.477 e. The van der Waals surface area contributed by atoms with Crippen LogP contribution in [0.15, 0.2) is 59.0 Å². The molecule has 3 aromatic rings. The van der Waals surface area contributed by atoms with Gasteiger partial charge in [0, 0.05) is 29.0 Å². The number of rotatable bonds is 7. The van der Waals surface area contributed by atoms with Gasteiger partial charge < -0.3 is 5.11 Å². The summed E-state index contributed by atoms with van der Waals surface area (Å²) in [7, 11) is 0. The van der Waals surface area contributed by atoms with Gasteiger partial charge in [0.2, 0.25) is 5.13 Å². The number of thiazole rings is 1. The maximum Gasteiger partial charge on any atom is 0.416 e. The number of benzene rings is 2. The van der Waals surface area contributed by atoms with Gasteiger partial charge in [-0.2, -0.15) is 18.3 Å². The molecule has 2 aromatic carbocycles. The molecule has 0 spiro atoms. The highest BCUT2D eigenvalue weighted by Crippen LogP contribution is 2.31. The molecule has 1 heterocycles. The third kappa shape index (κ3) is 5.42. The molecular weight excluding hydrogens is 437 g/mol. The zero-order chi connectivity index (χ0) is 22.6. The van der Waals surface area contributed by atoms with E-state index in [-0.39, 0.29) is 28.5 Å². The first kappa shape index (κ1) is 21.9. The SMILES string of the molecule is O=C(O)/C(Cc1ccccc1[N+](=O)[O-])=N/Nc1nc(-c2ccc(C(F)(F)F)cc2)cs1. The molecule has 0 atom stereocenters. The molecule has 160 valence electrons. The van der Waals surface area contributed by atoms with Crippen LogP contribution in [0.1, 0.15) is 11.1 Å². The molecule has 0 fully saturated rings. The number of alkyl halides is 3. The van der Waals surface area contributed by atoms with Gasteiger partial charge in [0.05, 0.1) is 16.2 Å². The first-order valence-corrected chi connectivity index (χ1v) is 9.44. The van der Waals surface area contributed by atoms with E-state index in [1.54, 1.807) is 11.4 Å². The van der Waals surface area contributed by atoms with Gasteiger partial charge in [-0.1, -0.05) is 30.3 Å². The predicted molar refractivity (Wildman–Crippen MR) is 108 cm³/mol. The Hall–Kier alpha value is -3.80. The lowest BCUT2D eigenvalue weighted by Crippen LogP contribution is -2.18. The topological polar surface area (TPSA) is 118 Å². The number of aliphatic carboxylic acids is 1. The summed E-state index contributed by atoms with van der Waals surface area (Å²) in [6.45, 7) is 0. The molecule has 0 radical (unpaired) electrons. The molecule has 3 rings (SSSR count). The van der Waals surface area contributed by atoms with Gasteiger partial charge in [-0.25, -0.2) is 9.78 Å². The van der Waals surface area contributed by atoms with Gasteiger partial charge in [0.15, 0.2) is 0 Å². The second kappa shape index (κ2) is 8.92. The Balaban J connectivity index is 1.77. The zero-order valence-electron chi connectivity index (χ0n) is 15.5. The summed E-state index contributed by atoms with van der Waals surface area (Å²) < 4.78 is 38.0. The predicted octanol–water partition coefficient (Wildman–Crippen LogP) is 4.83. The van der Waals surface area contributed by atoms with Crippen LogP contribution in [0.25, 0.3) is 11.3 Å². The van der Waals surface area contributed by atoms with Crippen LogP contribution >= 0.6 is 11.3 Å². The monoisotopic (exact) mass is 450 g/mol. The number of carbonyl (C=O) groups is 1. The average Bonchev–Trinajstić information content (AvgIpc) is 3.19. The number of nitro groups is 1. The van der Waals surface area contributed by atoms with Crippen LogP contribution in [-0.2, 0) is 17.4 Å². The standard InChI is InChI=1S/C19H13F3N4O4S/c20-19(21,22)13-7-5-11(6-8-13)15-10-31-18(23-15)25-24-14(17(27)28)9-12-3-1-2-4-16(12)26(29)30/h1-8,10H,9H2,(H,23,25)(H,27,28)/b24-14+. The Morgan fingerprint density at radius 1 is 1.19 bits per heavy atom. The number of anilines is 1. The number of carboxylic acids is 1. The van der Waals surface area contributed by atoms with E-state index in [0.717, 1.165) is 23.5 Å². The molecule has 0 aliphatic carbocycles. The van der Waals surface area contributed by atoms with Crippen LogP contribution in [0, 0.1) is 10.1 Å². The number of para-hydroxylation sites is 1. The van der Waals surface area contributed by atoms with E-state index >= 15 is 0 Å². The second-order valence-corrected chi connectivity index (χ2v) is 7.01. The van der Waals surface area contributed by atoms with Crippen LogP contribution in [0.3, 0.4) is 0 Å². The van der Waals surface area contributed by atoms with Crippen molar-refractivity contribution in [3.05, 3.63) is 75.2 Å². The van der Waals surface area contributed by atoms with Gasteiger partial charge in [-0.05, 0) is 12.1 Å². The van der Waals surface area contributed by atoms with Crippen molar-refractivity contribution in [2.45, 2.75) is 12.6 Å². The fourth-order valence-corrected chi connectivity index (χ4v) is 3.25. The van der Waals surface area contributed by atoms with Crippen molar-refractivity contribution in [1.82, 2.24) is 4.98 Å². The fourth-order valence-electron chi connectivity index (χ4n) is 2.58. The minimum absolute atomic E-state index is 0.181. The number of nitrogens with one attached hydrogen (secondary N) is 1. The molecule has 12 heteroatoms. The Morgan fingerprint density at radius 2 is 1.87 bits per heavy atom. The molecule has 0 bridgehead atoms. The molecule has 31 heavy (non-hydrogen) atoms. The quantitative estimate of drug-likeness (QED) is 0.302. The number of carboxylic acid groups (broad SMARTS) is 1. The van der Waals surface area contributed by atoms with Crippen molar-refractivity contribution in [1.29, 1.82) is 0 Å². The number of hydrazone groups is 1. The van der Waals surface area contributed by atoms with E-state index in [9.17, 15) is 33.2 Å². The van der Waals surface area contributed by atoms with E-state index < -0.39 is 22.6 Å². The highest BCUT2D eigenvalue weighted by atomic mass is 32.1. The molecule has 2 N–H and O–H groups in total. The molecule has 8 nitrogen and oxygen atoms in total. The van der Waals surface area contributed by atoms with Crippen molar-refractivity contribution < 1.29 is 28.0 Å². The van der Waals surface area contributed by atoms with Crippen LogP contribution in [0.2, 0.25) is 0 Å². The Labute approximate surface area is 176 Å². The summed E-state index contributed by atoms with van der Waals surface area (Å²) in [5, 5.41) is 26.0. The lowest BCUT2D eigenvalue weighted by atomic mass is 10.1. The summed E-state index contributed by atoms with van der Waals surface area (Å²) in [6.07, 6.45) is -4.74. The Morgan fingerprint density at radius 3 is 2.48 bits per heavy atom. The zero-order valence-corrected chi connectivity index (χ0v) is 16.3. The summed E-state index contributed by atoms with van der Waals surface area (Å²) in [6, 6.07) is 10.2. The number of nitrogens with zero attached hydrogens (tertiary/aromatic N) is 3. The minimum Gasteiger partial charge on any atom is -0.477 e. The number of hydrogen-bond donors (Lipinski definition) is 2. The maximum absolute atomic E-state index is 12.7. The minimum atomic E-state index is -4.44. The Bertz CT molecular complexity index is 1140. The third-order valence-corrected chi connectivity index (χ3v) is 4.84. The van der Waals surface area contributed by atoms with E-state index in [4.69, 9.17) is 0 Å². The Kier molecular flexibility index (Phi) is 6.30. The van der Waals surface area contributed by atoms with Crippen LogP contribution < -0.4 is 5.43 Å². The van der Waals surface area contributed by atoms with Crippen LogP contribution in [0.5, 0.6) is 0 Å². The third-order valence-electron chi connectivity index (χ3n) is 4.09. The average molecular weight is 450 g/mol. The highest BCUT2D eigenvalue weighted by Gasteiger charge is 2.30. The lowest BCUT2D eigenvalue weighted by Gasteiger charge is -2.06. The van der Waals surface area contributed by atoms with Gasteiger partial charge in [0.25, 0.3) is 5.69 Å². The van der Waals surface area contributed by atoms with E-state index in [1.165, 1.54) is 30.3 Å². The maximum atomic E-state index is 12.7. The lowest BCUT2D eigenvalue weighted by molar-refractivity contribution is -0.385. The first-order chi connectivity index (χ1) is 14.6. The number of nitro benzene ring substituents is 1. The van der Waals surface area contributed by atoms with Crippen molar-refractivity contribution in [2.75, 3.05) is 5.43 Å². The van der Waals surface area contributed by atoms with E-state index in [1.807, 2.05) is 0 Å². The van der Waals surface area contributed by atoms with Gasteiger partial charge in [-0.15, -0.1) is 11.3 Å². The molecule has 0 aliphatic rings. The summed E-state index contributed by atoms with van der Waals surface area (Å²) in [5.74, 6) is -1.37. The van der Waals surface area contributed by atoms with Crippen LogP contribution in [-0.4, -0.2) is 26.7 Å². The molecule has 0 amide bonds. The molecule has 0 saturated heterocycles. The van der Waals surface area contributed by atoms with Gasteiger partial charge in [0.1, 0.15) is 5.71 Å². The second-order valence-electron chi connectivity index (χ2n) is 6.15. The van der Waals surface area contributed by atoms with Crippen molar-refractivity contribution in [2.24, 2.45) is 5.10 Å². The van der Waals surface area contributed by atoms with Crippen molar-refractivity contribution >= 4 is 33.8 Å². The summed E-state index contributed by atoms with van der Waals surface area (Å²) >= 11 is 1.07. The summed E-state index contributed by atoms with van der Waals surface area (Å²) in [4.78, 5) is 26.2. The number of halogens is 3. The van der Waals surface area contributed by atoms with Gasteiger partial charge in [-0.3, -0.25) is 15.5 Å². The van der Waals surface area contributed by atoms with Gasteiger partial charge >= 0.3 is 12.1 Å². The highest BCUT2D eigenvalue weighted by molar-refractivity contribution is 7.14. The van der Waals surface area contributed by atoms with E-state index in [2.05, 4.69) is 15.5 Å². The number of aromatic nitrogens is 1. The molecule has 0 saturated carbocycles. The fraction of sp³-hybridized carbons (Fsp3) is 0.105. The van der Waals surface area contributed by atoms with Crippen molar-refractivity contribution in [3.8, 4) is 11.3 Å². The molecular formula is C19H13F3N4O4S. The molecule has 0 unspecified atom stereocenters.